The monoisotopic (exact) mass is 255 g/mol. The zero-order valence-corrected chi connectivity index (χ0v) is 11.5. The maximum absolute atomic E-state index is 10.8. The number of benzene rings is 1. The summed E-state index contributed by atoms with van der Waals surface area (Å²) in [6.07, 6.45) is 7.29. The second-order valence-corrected chi connectivity index (χ2v) is 5.78. The minimum Gasteiger partial charge on any atom is -0.388 e. The number of hydrogen-bond donors (Lipinski definition) is 1. The predicted molar refractivity (Wildman–Crippen MR) is 77.9 cm³/mol. The molecule has 1 aromatic carbocycles. The lowest BCUT2D eigenvalue weighted by Gasteiger charge is -2.33. The maximum atomic E-state index is 10.8. The normalized spacial score (nSPS) is 19.7. The van der Waals surface area contributed by atoms with Crippen molar-refractivity contribution in [3.05, 3.63) is 42.1 Å². The Morgan fingerprint density at radius 1 is 1.26 bits per heavy atom. The first-order valence-corrected chi connectivity index (χ1v) is 7.28. The molecule has 0 aliphatic heterocycles. The summed E-state index contributed by atoms with van der Waals surface area (Å²) in [7, 11) is 0. The second-order valence-electron chi connectivity index (χ2n) is 5.78. The van der Waals surface area contributed by atoms with Gasteiger partial charge in [0.05, 0.1) is 11.6 Å². The molecule has 1 saturated carbocycles. The Balaban J connectivity index is 1.99. The third-order valence-electron chi connectivity index (χ3n) is 4.83. The standard InChI is InChI=1S/C17H21NO/c1-2-17(9-3-4-10-17)16(19)14-8-7-13-6-5-11-18-15(13)12-14/h5-8,11-12,16,19H,2-4,9-10H2,1H3. The second kappa shape index (κ2) is 4.93. The highest BCUT2D eigenvalue weighted by Gasteiger charge is 2.39. The lowest BCUT2D eigenvalue weighted by Crippen LogP contribution is -2.25. The van der Waals surface area contributed by atoms with Gasteiger partial charge in [0.25, 0.3) is 0 Å². The Labute approximate surface area is 114 Å². The lowest BCUT2D eigenvalue weighted by molar-refractivity contribution is 0.0238. The van der Waals surface area contributed by atoms with Crippen LogP contribution in [0.1, 0.15) is 50.7 Å². The molecular formula is C17H21NO. The van der Waals surface area contributed by atoms with Crippen molar-refractivity contribution in [3.8, 4) is 0 Å². The third-order valence-corrected chi connectivity index (χ3v) is 4.83. The first kappa shape index (κ1) is 12.6. The van der Waals surface area contributed by atoms with Crippen LogP contribution in [0.5, 0.6) is 0 Å². The highest BCUT2D eigenvalue weighted by atomic mass is 16.3. The summed E-state index contributed by atoms with van der Waals surface area (Å²) in [5.74, 6) is 0. The quantitative estimate of drug-likeness (QED) is 0.890. The molecule has 100 valence electrons. The zero-order chi connectivity index (χ0) is 13.3. The molecule has 0 saturated heterocycles. The minimum atomic E-state index is -0.355. The van der Waals surface area contributed by atoms with E-state index in [-0.39, 0.29) is 11.5 Å². The molecule has 1 N–H and O–H groups in total. The van der Waals surface area contributed by atoms with Crippen LogP contribution in [-0.2, 0) is 0 Å². The first-order chi connectivity index (χ1) is 9.25. The van der Waals surface area contributed by atoms with Crippen LogP contribution in [0, 0.1) is 5.41 Å². The van der Waals surface area contributed by atoms with Gasteiger partial charge in [-0.15, -0.1) is 0 Å². The van der Waals surface area contributed by atoms with Crippen LogP contribution >= 0.6 is 0 Å². The summed E-state index contributed by atoms with van der Waals surface area (Å²) in [6, 6.07) is 10.2. The summed E-state index contributed by atoms with van der Waals surface area (Å²) in [5.41, 5.74) is 2.08. The Morgan fingerprint density at radius 2 is 2.05 bits per heavy atom. The van der Waals surface area contributed by atoms with Gasteiger partial charge in [-0.05, 0) is 37.0 Å². The molecule has 1 unspecified atom stereocenters. The molecule has 1 atom stereocenters. The molecule has 0 spiro atoms. The van der Waals surface area contributed by atoms with E-state index in [1.54, 1.807) is 0 Å². The van der Waals surface area contributed by atoms with E-state index in [9.17, 15) is 5.11 Å². The molecule has 1 aliphatic rings. The number of aliphatic hydroxyl groups is 1. The molecular weight excluding hydrogens is 234 g/mol. The van der Waals surface area contributed by atoms with E-state index in [1.165, 1.54) is 12.8 Å². The van der Waals surface area contributed by atoms with Crippen LogP contribution in [-0.4, -0.2) is 10.1 Å². The van der Waals surface area contributed by atoms with Gasteiger partial charge in [0.15, 0.2) is 0 Å². The Kier molecular flexibility index (Phi) is 3.28. The van der Waals surface area contributed by atoms with Crippen molar-refractivity contribution in [1.82, 2.24) is 4.98 Å². The molecule has 2 aromatic rings. The van der Waals surface area contributed by atoms with E-state index in [2.05, 4.69) is 36.2 Å². The van der Waals surface area contributed by atoms with E-state index < -0.39 is 0 Å². The van der Waals surface area contributed by atoms with Gasteiger partial charge in [-0.2, -0.15) is 0 Å². The molecule has 1 heterocycles. The predicted octanol–water partition coefficient (Wildman–Crippen LogP) is 4.24. The lowest BCUT2D eigenvalue weighted by atomic mass is 9.75. The van der Waals surface area contributed by atoms with Gasteiger partial charge in [-0.25, -0.2) is 0 Å². The average molecular weight is 255 g/mol. The average Bonchev–Trinajstić information content (AvgIpc) is 2.96. The van der Waals surface area contributed by atoms with Gasteiger partial charge < -0.3 is 5.11 Å². The number of hydrogen-bond acceptors (Lipinski definition) is 2. The van der Waals surface area contributed by atoms with Crippen molar-refractivity contribution in [2.24, 2.45) is 5.41 Å². The number of rotatable bonds is 3. The van der Waals surface area contributed by atoms with Crippen LogP contribution in [0.3, 0.4) is 0 Å². The van der Waals surface area contributed by atoms with Crippen molar-refractivity contribution in [2.75, 3.05) is 0 Å². The molecule has 0 bridgehead atoms. The summed E-state index contributed by atoms with van der Waals surface area (Å²) >= 11 is 0. The Bertz CT molecular complexity index is 572. The highest BCUT2D eigenvalue weighted by molar-refractivity contribution is 5.78. The molecule has 0 amide bonds. The van der Waals surface area contributed by atoms with Gasteiger partial charge in [0.2, 0.25) is 0 Å². The number of nitrogens with zero attached hydrogens (tertiary/aromatic N) is 1. The fourth-order valence-electron chi connectivity index (χ4n) is 3.51. The number of aromatic nitrogens is 1. The fraction of sp³-hybridized carbons (Fsp3) is 0.471. The summed E-state index contributed by atoms with van der Waals surface area (Å²) in [6.45, 7) is 2.20. The summed E-state index contributed by atoms with van der Waals surface area (Å²) in [5, 5.41) is 11.9. The molecule has 1 fully saturated rings. The fourth-order valence-corrected chi connectivity index (χ4v) is 3.51. The molecule has 1 aliphatic carbocycles. The van der Waals surface area contributed by atoms with E-state index in [4.69, 9.17) is 0 Å². The van der Waals surface area contributed by atoms with E-state index in [1.807, 2.05) is 12.3 Å². The molecule has 3 rings (SSSR count). The van der Waals surface area contributed by atoms with Crippen LogP contribution in [0.15, 0.2) is 36.5 Å². The molecule has 1 aromatic heterocycles. The molecule has 2 nitrogen and oxygen atoms in total. The topological polar surface area (TPSA) is 33.1 Å². The number of pyridine rings is 1. The van der Waals surface area contributed by atoms with E-state index in [0.717, 1.165) is 35.7 Å². The smallest absolute Gasteiger partial charge is 0.0846 e. The van der Waals surface area contributed by atoms with E-state index in [0.29, 0.717) is 0 Å². The molecule has 0 radical (unpaired) electrons. The maximum Gasteiger partial charge on any atom is 0.0846 e. The zero-order valence-electron chi connectivity index (χ0n) is 11.5. The Morgan fingerprint density at radius 3 is 2.79 bits per heavy atom. The Hall–Kier alpha value is -1.41. The first-order valence-electron chi connectivity index (χ1n) is 7.28. The van der Waals surface area contributed by atoms with Gasteiger partial charge in [-0.3, -0.25) is 4.98 Å². The largest absolute Gasteiger partial charge is 0.388 e. The summed E-state index contributed by atoms with van der Waals surface area (Å²) < 4.78 is 0. The third kappa shape index (κ3) is 2.14. The van der Waals surface area contributed by atoms with Crippen LogP contribution in [0.2, 0.25) is 0 Å². The van der Waals surface area contributed by atoms with Crippen LogP contribution in [0.4, 0.5) is 0 Å². The van der Waals surface area contributed by atoms with Crippen molar-refractivity contribution >= 4 is 10.9 Å². The molecule has 19 heavy (non-hydrogen) atoms. The van der Waals surface area contributed by atoms with Gasteiger partial charge >= 0.3 is 0 Å². The SMILES string of the molecule is CCC1(C(O)c2ccc3cccnc3c2)CCCC1. The summed E-state index contributed by atoms with van der Waals surface area (Å²) in [4.78, 5) is 4.39. The van der Waals surface area contributed by atoms with Gasteiger partial charge in [0, 0.05) is 17.0 Å². The number of fused-ring (bicyclic) bond motifs is 1. The van der Waals surface area contributed by atoms with Gasteiger partial charge in [-0.1, -0.05) is 38.0 Å². The highest BCUT2D eigenvalue weighted by Crippen LogP contribution is 2.50. The van der Waals surface area contributed by atoms with E-state index >= 15 is 0 Å². The van der Waals surface area contributed by atoms with Crippen LogP contribution in [0.25, 0.3) is 10.9 Å². The number of aliphatic hydroxyl groups excluding tert-OH is 1. The van der Waals surface area contributed by atoms with Crippen molar-refractivity contribution in [3.63, 3.8) is 0 Å². The van der Waals surface area contributed by atoms with Crippen molar-refractivity contribution < 1.29 is 5.11 Å². The van der Waals surface area contributed by atoms with Gasteiger partial charge in [0.1, 0.15) is 0 Å². The van der Waals surface area contributed by atoms with Crippen molar-refractivity contribution in [2.45, 2.75) is 45.1 Å². The van der Waals surface area contributed by atoms with Crippen LogP contribution < -0.4 is 0 Å². The van der Waals surface area contributed by atoms with Crippen molar-refractivity contribution in [1.29, 1.82) is 0 Å². The molecule has 2 heteroatoms. The minimum absolute atomic E-state index is 0.0858.